The molecular formula is C13H23N5. The summed E-state index contributed by atoms with van der Waals surface area (Å²) >= 11 is 0. The number of rotatable bonds is 5. The number of hydrogen-bond acceptors (Lipinski definition) is 5. The lowest BCUT2D eigenvalue weighted by atomic mass is 10.3. The summed E-state index contributed by atoms with van der Waals surface area (Å²) in [5.41, 5.74) is 0. The number of aromatic nitrogens is 2. The summed E-state index contributed by atoms with van der Waals surface area (Å²) in [5.74, 6) is 1.98. The van der Waals surface area contributed by atoms with Gasteiger partial charge in [0.2, 0.25) is 0 Å². The van der Waals surface area contributed by atoms with Crippen molar-refractivity contribution >= 4 is 11.6 Å². The van der Waals surface area contributed by atoms with Crippen molar-refractivity contribution in [2.24, 2.45) is 0 Å². The highest BCUT2D eigenvalue weighted by Crippen LogP contribution is 2.15. The van der Waals surface area contributed by atoms with E-state index in [9.17, 15) is 0 Å². The summed E-state index contributed by atoms with van der Waals surface area (Å²) in [5, 5.41) is 3.35. The Morgan fingerprint density at radius 2 is 2.00 bits per heavy atom. The largest absolute Gasteiger partial charge is 0.370 e. The molecule has 1 aromatic rings. The Balaban J connectivity index is 1.94. The lowest BCUT2D eigenvalue weighted by molar-refractivity contribution is 0.312. The molecule has 0 bridgehead atoms. The molecule has 0 spiro atoms. The second kappa shape index (κ2) is 6.54. The van der Waals surface area contributed by atoms with Gasteiger partial charge >= 0.3 is 0 Å². The molecule has 1 aliphatic rings. The molecule has 1 aliphatic heterocycles. The van der Waals surface area contributed by atoms with Gasteiger partial charge in [0, 0.05) is 38.8 Å². The van der Waals surface area contributed by atoms with Gasteiger partial charge in [-0.25, -0.2) is 9.97 Å². The van der Waals surface area contributed by atoms with E-state index >= 15 is 0 Å². The van der Waals surface area contributed by atoms with Crippen molar-refractivity contribution in [1.29, 1.82) is 0 Å². The van der Waals surface area contributed by atoms with Crippen LogP contribution in [0.2, 0.25) is 0 Å². The number of likely N-dealkylation sites (N-methyl/N-ethyl adjacent to an activating group) is 1. The lowest BCUT2D eigenvalue weighted by Crippen LogP contribution is -2.44. The van der Waals surface area contributed by atoms with Gasteiger partial charge in [-0.15, -0.1) is 0 Å². The van der Waals surface area contributed by atoms with Gasteiger partial charge in [0.25, 0.3) is 0 Å². The van der Waals surface area contributed by atoms with Crippen LogP contribution in [-0.2, 0) is 0 Å². The Morgan fingerprint density at radius 1 is 1.22 bits per heavy atom. The molecular weight excluding hydrogens is 226 g/mol. The fourth-order valence-electron chi connectivity index (χ4n) is 2.05. The van der Waals surface area contributed by atoms with Crippen LogP contribution in [0.3, 0.4) is 0 Å². The summed E-state index contributed by atoms with van der Waals surface area (Å²) < 4.78 is 0. The normalized spacial score (nSPS) is 16.9. The predicted molar refractivity (Wildman–Crippen MR) is 75.1 cm³/mol. The van der Waals surface area contributed by atoms with Crippen molar-refractivity contribution in [3.8, 4) is 0 Å². The Hall–Kier alpha value is -1.36. The molecule has 5 heteroatoms. The quantitative estimate of drug-likeness (QED) is 0.800. The van der Waals surface area contributed by atoms with Crippen LogP contribution < -0.4 is 10.2 Å². The van der Waals surface area contributed by atoms with Crippen molar-refractivity contribution in [1.82, 2.24) is 14.9 Å². The van der Waals surface area contributed by atoms with Gasteiger partial charge < -0.3 is 15.1 Å². The number of nitrogens with one attached hydrogen (secondary N) is 1. The summed E-state index contributed by atoms with van der Waals surface area (Å²) in [6, 6.07) is 2.06. The van der Waals surface area contributed by atoms with Gasteiger partial charge in [0.05, 0.1) is 0 Å². The molecule has 2 heterocycles. The summed E-state index contributed by atoms with van der Waals surface area (Å²) in [6.45, 7) is 7.46. The Bertz CT molecular complexity index is 360. The number of hydrogen-bond donors (Lipinski definition) is 1. The number of unbranched alkanes of at least 4 members (excludes halogenated alkanes) is 1. The first kappa shape index (κ1) is 13.1. The van der Waals surface area contributed by atoms with Crippen molar-refractivity contribution in [3.05, 3.63) is 12.4 Å². The van der Waals surface area contributed by atoms with Gasteiger partial charge in [-0.05, 0) is 13.5 Å². The second-order valence-corrected chi connectivity index (χ2v) is 4.83. The zero-order valence-corrected chi connectivity index (χ0v) is 11.4. The number of piperazine rings is 1. The van der Waals surface area contributed by atoms with E-state index < -0.39 is 0 Å². The standard InChI is InChI=1S/C13H23N5/c1-3-4-5-14-12-10-13(16-11-15-12)18-8-6-17(2)7-9-18/h10-11H,3-9H2,1-2H3,(H,14,15,16). The molecule has 0 aliphatic carbocycles. The van der Waals surface area contributed by atoms with Gasteiger partial charge in [0.1, 0.15) is 18.0 Å². The summed E-state index contributed by atoms with van der Waals surface area (Å²) in [4.78, 5) is 13.3. The van der Waals surface area contributed by atoms with E-state index in [2.05, 4.69) is 45.1 Å². The second-order valence-electron chi connectivity index (χ2n) is 4.83. The number of nitrogens with zero attached hydrogens (tertiary/aromatic N) is 4. The predicted octanol–water partition coefficient (Wildman–Crippen LogP) is 1.44. The Morgan fingerprint density at radius 3 is 2.72 bits per heavy atom. The van der Waals surface area contributed by atoms with Crippen LogP contribution in [0.1, 0.15) is 19.8 Å². The Kier molecular flexibility index (Phi) is 4.75. The van der Waals surface area contributed by atoms with Gasteiger partial charge in [0.15, 0.2) is 0 Å². The highest BCUT2D eigenvalue weighted by atomic mass is 15.3. The zero-order chi connectivity index (χ0) is 12.8. The molecule has 0 amide bonds. The average Bonchev–Trinajstić information content (AvgIpc) is 2.40. The van der Waals surface area contributed by atoms with Crippen LogP contribution in [-0.4, -0.2) is 54.6 Å². The first-order chi connectivity index (χ1) is 8.79. The smallest absolute Gasteiger partial charge is 0.134 e. The van der Waals surface area contributed by atoms with E-state index in [-0.39, 0.29) is 0 Å². The fourth-order valence-corrected chi connectivity index (χ4v) is 2.05. The molecule has 0 radical (unpaired) electrons. The van der Waals surface area contributed by atoms with Crippen molar-refractivity contribution in [3.63, 3.8) is 0 Å². The molecule has 5 nitrogen and oxygen atoms in total. The van der Waals surface area contributed by atoms with E-state index in [0.717, 1.165) is 44.4 Å². The first-order valence-corrected chi connectivity index (χ1v) is 6.79. The topological polar surface area (TPSA) is 44.3 Å². The molecule has 1 saturated heterocycles. The highest BCUT2D eigenvalue weighted by Gasteiger charge is 2.15. The minimum absolute atomic E-state index is 0.937. The maximum atomic E-state index is 4.37. The first-order valence-electron chi connectivity index (χ1n) is 6.79. The van der Waals surface area contributed by atoms with Gasteiger partial charge in [-0.2, -0.15) is 0 Å². The molecule has 0 unspecified atom stereocenters. The number of anilines is 2. The molecule has 18 heavy (non-hydrogen) atoms. The third kappa shape index (κ3) is 3.57. The third-order valence-corrected chi connectivity index (χ3v) is 3.32. The molecule has 1 aromatic heterocycles. The molecule has 100 valence electrons. The molecule has 2 rings (SSSR count). The van der Waals surface area contributed by atoms with Crippen molar-refractivity contribution in [2.75, 3.05) is 50.0 Å². The zero-order valence-electron chi connectivity index (χ0n) is 11.4. The highest BCUT2D eigenvalue weighted by molar-refractivity contribution is 5.48. The van der Waals surface area contributed by atoms with Crippen LogP contribution in [0.5, 0.6) is 0 Å². The molecule has 1 N–H and O–H groups in total. The van der Waals surface area contributed by atoms with E-state index in [1.165, 1.54) is 12.8 Å². The van der Waals surface area contributed by atoms with Crippen LogP contribution in [0.25, 0.3) is 0 Å². The van der Waals surface area contributed by atoms with Crippen LogP contribution in [0.15, 0.2) is 12.4 Å². The summed E-state index contributed by atoms with van der Waals surface area (Å²) in [6.07, 6.45) is 4.03. The molecule has 0 aromatic carbocycles. The van der Waals surface area contributed by atoms with Gasteiger partial charge in [-0.3, -0.25) is 0 Å². The van der Waals surface area contributed by atoms with Crippen molar-refractivity contribution < 1.29 is 0 Å². The van der Waals surface area contributed by atoms with Crippen LogP contribution in [0.4, 0.5) is 11.6 Å². The monoisotopic (exact) mass is 249 g/mol. The molecule has 1 fully saturated rings. The minimum Gasteiger partial charge on any atom is -0.370 e. The maximum absolute atomic E-state index is 4.37. The molecule has 0 atom stereocenters. The van der Waals surface area contributed by atoms with Gasteiger partial charge in [-0.1, -0.05) is 13.3 Å². The third-order valence-electron chi connectivity index (χ3n) is 3.32. The minimum atomic E-state index is 0.937. The van der Waals surface area contributed by atoms with Crippen LogP contribution in [0, 0.1) is 0 Å². The Labute approximate surface area is 109 Å². The summed E-state index contributed by atoms with van der Waals surface area (Å²) in [7, 11) is 2.16. The van der Waals surface area contributed by atoms with E-state index in [4.69, 9.17) is 0 Å². The van der Waals surface area contributed by atoms with Crippen LogP contribution >= 0.6 is 0 Å². The SMILES string of the molecule is CCCCNc1cc(N2CCN(C)CC2)ncn1. The fraction of sp³-hybridized carbons (Fsp3) is 0.692. The average molecular weight is 249 g/mol. The van der Waals surface area contributed by atoms with E-state index in [1.54, 1.807) is 6.33 Å². The maximum Gasteiger partial charge on any atom is 0.134 e. The lowest BCUT2D eigenvalue weighted by Gasteiger charge is -2.33. The van der Waals surface area contributed by atoms with E-state index in [1.807, 2.05) is 0 Å². The molecule has 0 saturated carbocycles. The van der Waals surface area contributed by atoms with Crippen molar-refractivity contribution in [2.45, 2.75) is 19.8 Å². The van der Waals surface area contributed by atoms with E-state index in [0.29, 0.717) is 0 Å².